The molecule has 2 aromatic rings. The van der Waals surface area contributed by atoms with E-state index in [1.165, 1.54) is 5.56 Å². The first kappa shape index (κ1) is 17.8. The lowest BCUT2D eigenvalue weighted by atomic mass is 10.0. The minimum Gasteiger partial charge on any atom is -0.492 e. The molecule has 0 radical (unpaired) electrons. The maximum Gasteiger partial charge on any atom is 0.216 e. The molecule has 0 saturated heterocycles. The molecule has 22 heavy (non-hydrogen) atoms. The molecule has 1 heterocycles. The van der Waals surface area contributed by atoms with Crippen molar-refractivity contribution in [2.45, 2.75) is 13.3 Å². The Labute approximate surface area is 157 Å². The molecule has 0 aliphatic rings. The molecule has 6 heteroatoms. The summed E-state index contributed by atoms with van der Waals surface area (Å²) in [5, 5.41) is 0.734. The number of rotatable bonds is 6. The fraction of sp³-hybridized carbons (Fsp3) is 0.312. The van der Waals surface area contributed by atoms with E-state index in [1.54, 1.807) is 13.3 Å². The van der Waals surface area contributed by atoms with Gasteiger partial charge in [0.05, 0.1) is 17.3 Å². The number of nitrogens with zero attached hydrogens (tertiary/aromatic N) is 1. The van der Waals surface area contributed by atoms with Gasteiger partial charge in [-0.15, -0.1) is 0 Å². The van der Waals surface area contributed by atoms with Crippen molar-refractivity contribution in [2.75, 3.05) is 13.7 Å². The van der Waals surface area contributed by atoms with Crippen molar-refractivity contribution in [3.63, 3.8) is 0 Å². The summed E-state index contributed by atoms with van der Waals surface area (Å²) in [4.78, 5) is 4.14. The van der Waals surface area contributed by atoms with E-state index in [0.29, 0.717) is 18.4 Å². The van der Waals surface area contributed by atoms with Gasteiger partial charge in [-0.2, -0.15) is 0 Å². The molecule has 1 aromatic carbocycles. The lowest BCUT2D eigenvalue weighted by molar-refractivity contribution is 0.255. The first-order chi connectivity index (χ1) is 10.5. The summed E-state index contributed by atoms with van der Waals surface area (Å²) in [6, 6.07) is 7.68. The van der Waals surface area contributed by atoms with Gasteiger partial charge in [-0.3, -0.25) is 0 Å². The summed E-state index contributed by atoms with van der Waals surface area (Å²) in [6.07, 6.45) is 2.66. The Morgan fingerprint density at radius 2 is 2.14 bits per heavy atom. The second-order valence-electron chi connectivity index (χ2n) is 5.01. The Hall–Kier alpha value is -0.530. The van der Waals surface area contributed by atoms with Crippen LogP contribution in [0, 0.1) is 9.49 Å². The summed E-state index contributed by atoms with van der Waals surface area (Å²) in [5.74, 6) is 1.73. The molecule has 118 valence electrons. The molecule has 0 N–H and O–H groups in total. The first-order valence-corrected chi connectivity index (χ1v) is 9.01. The van der Waals surface area contributed by atoms with Gasteiger partial charge < -0.3 is 9.47 Å². The van der Waals surface area contributed by atoms with Crippen molar-refractivity contribution in [1.82, 2.24) is 4.98 Å². The van der Waals surface area contributed by atoms with E-state index < -0.39 is 0 Å². The number of ether oxygens (including phenoxy) is 2. The summed E-state index contributed by atoms with van der Waals surface area (Å²) in [6.45, 7) is 2.78. The average Bonchev–Trinajstić information content (AvgIpc) is 2.49. The van der Waals surface area contributed by atoms with Crippen LogP contribution in [0.15, 0.2) is 34.9 Å². The zero-order valence-electron chi connectivity index (χ0n) is 12.3. The number of benzene rings is 1. The van der Waals surface area contributed by atoms with E-state index in [2.05, 4.69) is 50.4 Å². The Morgan fingerprint density at radius 1 is 1.36 bits per heavy atom. The zero-order valence-corrected chi connectivity index (χ0v) is 16.8. The van der Waals surface area contributed by atoms with Crippen molar-refractivity contribution in [3.05, 3.63) is 49.1 Å². The molecule has 0 spiro atoms. The fourth-order valence-corrected chi connectivity index (χ4v) is 3.27. The summed E-state index contributed by atoms with van der Waals surface area (Å²) < 4.78 is 13.0. The van der Waals surface area contributed by atoms with Crippen LogP contribution >= 0.6 is 50.1 Å². The highest BCUT2D eigenvalue weighted by Gasteiger charge is 2.10. The predicted molar refractivity (Wildman–Crippen MR) is 101 cm³/mol. The number of pyridine rings is 1. The van der Waals surface area contributed by atoms with Gasteiger partial charge in [-0.1, -0.05) is 40.5 Å². The van der Waals surface area contributed by atoms with Crippen LogP contribution in [0.25, 0.3) is 0 Å². The predicted octanol–water partition coefficient (Wildman–Crippen LogP) is 5.37. The third kappa shape index (κ3) is 4.99. The standard InChI is InChI=1S/C16H16BrClINO2/c1-10(5-11-3-4-12(18)6-13(11)17)9-22-15-7-16(21-2)20-8-14(15)19/h3-4,6-8,10H,5,9H2,1-2H3. The molecule has 3 nitrogen and oxygen atoms in total. The van der Waals surface area contributed by atoms with Gasteiger partial charge in [0.1, 0.15) is 5.75 Å². The molecule has 1 aromatic heterocycles. The number of methoxy groups -OCH3 is 1. The van der Waals surface area contributed by atoms with Crippen molar-refractivity contribution in [1.29, 1.82) is 0 Å². The molecular weight excluding hydrogens is 480 g/mol. The van der Waals surface area contributed by atoms with E-state index in [4.69, 9.17) is 21.1 Å². The van der Waals surface area contributed by atoms with Crippen LogP contribution < -0.4 is 9.47 Å². The quantitative estimate of drug-likeness (QED) is 0.504. The fourth-order valence-electron chi connectivity index (χ4n) is 1.98. The van der Waals surface area contributed by atoms with Gasteiger partial charge in [0.25, 0.3) is 0 Å². The van der Waals surface area contributed by atoms with Crippen LogP contribution in [-0.4, -0.2) is 18.7 Å². The molecule has 1 atom stereocenters. The number of aromatic nitrogens is 1. The average molecular weight is 497 g/mol. The Bertz CT molecular complexity index is 654. The smallest absolute Gasteiger partial charge is 0.216 e. The van der Waals surface area contributed by atoms with Gasteiger partial charge in [-0.05, 0) is 52.6 Å². The van der Waals surface area contributed by atoms with Crippen LogP contribution in [0.4, 0.5) is 0 Å². The van der Waals surface area contributed by atoms with E-state index in [9.17, 15) is 0 Å². The van der Waals surface area contributed by atoms with Gasteiger partial charge in [0.15, 0.2) is 0 Å². The van der Waals surface area contributed by atoms with Crippen LogP contribution in [0.3, 0.4) is 0 Å². The molecule has 0 aliphatic heterocycles. The van der Waals surface area contributed by atoms with Crippen molar-refractivity contribution in [3.8, 4) is 11.6 Å². The summed E-state index contributed by atoms with van der Waals surface area (Å²) in [5.41, 5.74) is 1.22. The van der Waals surface area contributed by atoms with Crippen LogP contribution in [0.1, 0.15) is 12.5 Å². The number of hydrogen-bond acceptors (Lipinski definition) is 3. The molecule has 0 fully saturated rings. The second kappa shape index (κ2) is 8.36. The summed E-state index contributed by atoms with van der Waals surface area (Å²) in [7, 11) is 1.60. The number of hydrogen-bond donors (Lipinski definition) is 0. The lowest BCUT2D eigenvalue weighted by Crippen LogP contribution is -2.12. The van der Waals surface area contributed by atoms with E-state index in [-0.39, 0.29) is 0 Å². The first-order valence-electron chi connectivity index (χ1n) is 6.76. The highest BCUT2D eigenvalue weighted by atomic mass is 127. The SMILES string of the molecule is COc1cc(OCC(C)Cc2ccc(Cl)cc2Br)c(I)cn1. The Balaban J connectivity index is 1.96. The third-order valence-corrected chi connectivity index (χ3v) is 4.89. The highest BCUT2D eigenvalue weighted by molar-refractivity contribution is 14.1. The van der Waals surface area contributed by atoms with Crippen LogP contribution in [0.5, 0.6) is 11.6 Å². The minimum absolute atomic E-state index is 0.368. The molecule has 0 bridgehead atoms. The van der Waals surface area contributed by atoms with Gasteiger partial charge in [0, 0.05) is 21.8 Å². The minimum atomic E-state index is 0.368. The van der Waals surface area contributed by atoms with E-state index in [1.807, 2.05) is 24.3 Å². The normalized spacial score (nSPS) is 12.0. The third-order valence-electron chi connectivity index (χ3n) is 3.11. The zero-order chi connectivity index (χ0) is 16.1. The molecular formula is C16H16BrClINO2. The lowest BCUT2D eigenvalue weighted by Gasteiger charge is -2.15. The van der Waals surface area contributed by atoms with Crippen molar-refractivity contribution >= 4 is 50.1 Å². The van der Waals surface area contributed by atoms with E-state index >= 15 is 0 Å². The molecule has 0 amide bonds. The maximum atomic E-state index is 5.97. The Kier molecular flexibility index (Phi) is 6.77. The van der Waals surface area contributed by atoms with Gasteiger partial charge in [-0.25, -0.2) is 4.98 Å². The maximum absolute atomic E-state index is 5.97. The largest absolute Gasteiger partial charge is 0.492 e. The highest BCUT2D eigenvalue weighted by Crippen LogP contribution is 2.26. The molecule has 0 aliphatic carbocycles. The van der Waals surface area contributed by atoms with Crippen molar-refractivity contribution < 1.29 is 9.47 Å². The number of halogens is 3. The Morgan fingerprint density at radius 3 is 2.82 bits per heavy atom. The van der Waals surface area contributed by atoms with E-state index in [0.717, 1.165) is 25.2 Å². The van der Waals surface area contributed by atoms with Gasteiger partial charge in [0.2, 0.25) is 5.88 Å². The van der Waals surface area contributed by atoms with Gasteiger partial charge >= 0.3 is 0 Å². The monoisotopic (exact) mass is 495 g/mol. The molecule has 0 saturated carbocycles. The second-order valence-corrected chi connectivity index (χ2v) is 7.47. The molecule has 2 rings (SSSR count). The molecule has 1 unspecified atom stereocenters. The van der Waals surface area contributed by atoms with Crippen LogP contribution in [-0.2, 0) is 6.42 Å². The van der Waals surface area contributed by atoms with Crippen LogP contribution in [0.2, 0.25) is 5.02 Å². The van der Waals surface area contributed by atoms with Crippen molar-refractivity contribution in [2.24, 2.45) is 5.92 Å². The topological polar surface area (TPSA) is 31.4 Å². The summed E-state index contributed by atoms with van der Waals surface area (Å²) >= 11 is 11.7.